The fraction of sp³-hybridized carbons (Fsp3) is 0.364. The first kappa shape index (κ1) is 20.7. The maximum absolute atomic E-state index is 12.4. The van der Waals surface area contributed by atoms with Gasteiger partial charge >= 0.3 is 0 Å². The monoisotopic (exact) mass is 397 g/mol. The summed E-state index contributed by atoms with van der Waals surface area (Å²) in [7, 11) is 0. The zero-order valence-corrected chi connectivity index (χ0v) is 16.9. The molecule has 0 saturated heterocycles. The number of amides is 2. The van der Waals surface area contributed by atoms with Crippen LogP contribution in [0.4, 0.5) is 5.69 Å². The standard InChI is InChI=1S/C22H27N3O4/c1-3-25(14-21(26)23-13-17-6-4-16(2)5-7-17)15-22(27)24-18-8-9-19-20(12-18)29-11-10-28-19/h4-9,12H,3,10-11,13-15H2,1-2H3,(H,23,26)(H,24,27). The number of fused-ring (bicyclic) bond motifs is 1. The van der Waals surface area contributed by atoms with Gasteiger partial charge in [0.1, 0.15) is 13.2 Å². The van der Waals surface area contributed by atoms with Gasteiger partial charge in [-0.15, -0.1) is 0 Å². The molecular formula is C22H27N3O4. The Kier molecular flexibility index (Phi) is 7.08. The molecule has 7 heteroatoms. The molecule has 7 nitrogen and oxygen atoms in total. The summed E-state index contributed by atoms with van der Waals surface area (Å²) in [6.45, 7) is 6.32. The van der Waals surface area contributed by atoms with Crippen molar-refractivity contribution >= 4 is 17.5 Å². The molecular weight excluding hydrogens is 370 g/mol. The molecule has 1 aliphatic rings. The fourth-order valence-electron chi connectivity index (χ4n) is 2.97. The van der Waals surface area contributed by atoms with E-state index in [1.807, 2.05) is 38.1 Å². The first-order chi connectivity index (χ1) is 14.0. The number of anilines is 1. The van der Waals surface area contributed by atoms with Gasteiger partial charge in [0.25, 0.3) is 0 Å². The van der Waals surface area contributed by atoms with Crippen molar-refractivity contribution in [3.63, 3.8) is 0 Å². The molecule has 0 aromatic heterocycles. The van der Waals surface area contributed by atoms with Crippen molar-refractivity contribution in [2.24, 2.45) is 0 Å². The van der Waals surface area contributed by atoms with Gasteiger partial charge in [-0.25, -0.2) is 0 Å². The molecule has 0 saturated carbocycles. The van der Waals surface area contributed by atoms with Crippen LogP contribution in [-0.2, 0) is 16.1 Å². The van der Waals surface area contributed by atoms with Gasteiger partial charge in [-0.2, -0.15) is 0 Å². The highest BCUT2D eigenvalue weighted by Crippen LogP contribution is 2.32. The van der Waals surface area contributed by atoms with Gasteiger partial charge in [0, 0.05) is 18.3 Å². The number of ether oxygens (including phenoxy) is 2. The zero-order chi connectivity index (χ0) is 20.6. The van der Waals surface area contributed by atoms with E-state index in [1.54, 1.807) is 23.1 Å². The van der Waals surface area contributed by atoms with Crippen LogP contribution in [0.25, 0.3) is 0 Å². The Morgan fingerprint density at radius 2 is 1.66 bits per heavy atom. The van der Waals surface area contributed by atoms with Crippen LogP contribution >= 0.6 is 0 Å². The molecule has 2 aromatic carbocycles. The van der Waals surface area contributed by atoms with E-state index in [9.17, 15) is 9.59 Å². The van der Waals surface area contributed by atoms with Crippen LogP contribution in [0, 0.1) is 6.92 Å². The molecule has 0 unspecified atom stereocenters. The van der Waals surface area contributed by atoms with E-state index in [-0.39, 0.29) is 24.9 Å². The van der Waals surface area contributed by atoms with E-state index in [0.29, 0.717) is 43.5 Å². The van der Waals surface area contributed by atoms with Crippen LogP contribution in [0.15, 0.2) is 42.5 Å². The second-order valence-electron chi connectivity index (χ2n) is 6.97. The summed E-state index contributed by atoms with van der Waals surface area (Å²) in [4.78, 5) is 26.4. The van der Waals surface area contributed by atoms with Gasteiger partial charge in [0.2, 0.25) is 11.8 Å². The van der Waals surface area contributed by atoms with E-state index in [0.717, 1.165) is 5.56 Å². The van der Waals surface area contributed by atoms with Crippen molar-refractivity contribution in [3.8, 4) is 11.5 Å². The van der Waals surface area contributed by atoms with Crippen LogP contribution in [0.2, 0.25) is 0 Å². The Morgan fingerprint density at radius 1 is 0.966 bits per heavy atom. The minimum Gasteiger partial charge on any atom is -0.486 e. The van der Waals surface area contributed by atoms with Crippen LogP contribution in [0.1, 0.15) is 18.1 Å². The highest BCUT2D eigenvalue weighted by atomic mass is 16.6. The van der Waals surface area contributed by atoms with E-state index >= 15 is 0 Å². The lowest BCUT2D eigenvalue weighted by Gasteiger charge is -2.21. The molecule has 0 spiro atoms. The van der Waals surface area contributed by atoms with Gasteiger partial charge in [0.05, 0.1) is 13.1 Å². The topological polar surface area (TPSA) is 79.9 Å². The minimum atomic E-state index is -0.185. The van der Waals surface area contributed by atoms with Gasteiger partial charge in [-0.1, -0.05) is 36.8 Å². The van der Waals surface area contributed by atoms with Crippen LogP contribution in [0.3, 0.4) is 0 Å². The lowest BCUT2D eigenvalue weighted by Crippen LogP contribution is -2.40. The summed E-state index contributed by atoms with van der Waals surface area (Å²) in [6.07, 6.45) is 0. The molecule has 2 aromatic rings. The van der Waals surface area contributed by atoms with Crippen LogP contribution in [-0.4, -0.2) is 49.6 Å². The number of aryl methyl sites for hydroxylation is 1. The third kappa shape index (κ3) is 6.22. The molecule has 1 heterocycles. The van der Waals surface area contributed by atoms with Gasteiger partial charge in [0.15, 0.2) is 11.5 Å². The quantitative estimate of drug-likeness (QED) is 0.715. The van der Waals surface area contributed by atoms with Crippen LogP contribution in [0.5, 0.6) is 11.5 Å². The van der Waals surface area contributed by atoms with Gasteiger partial charge in [-0.3, -0.25) is 14.5 Å². The highest BCUT2D eigenvalue weighted by molar-refractivity contribution is 5.93. The predicted octanol–water partition coefficient (Wildman–Crippen LogP) is 2.34. The number of hydrogen-bond acceptors (Lipinski definition) is 5. The van der Waals surface area contributed by atoms with Gasteiger partial charge in [-0.05, 0) is 31.2 Å². The lowest BCUT2D eigenvalue weighted by molar-refractivity contribution is -0.123. The minimum absolute atomic E-state index is 0.112. The molecule has 0 radical (unpaired) electrons. The lowest BCUT2D eigenvalue weighted by atomic mass is 10.1. The smallest absolute Gasteiger partial charge is 0.238 e. The van der Waals surface area contributed by atoms with E-state index in [1.165, 1.54) is 5.56 Å². The van der Waals surface area contributed by atoms with Crippen molar-refractivity contribution in [3.05, 3.63) is 53.6 Å². The molecule has 2 N–H and O–H groups in total. The molecule has 3 rings (SSSR count). The van der Waals surface area contributed by atoms with E-state index < -0.39 is 0 Å². The summed E-state index contributed by atoms with van der Waals surface area (Å²) in [5.74, 6) is 1.00. The molecule has 1 aliphatic heterocycles. The van der Waals surface area contributed by atoms with E-state index in [2.05, 4.69) is 10.6 Å². The highest BCUT2D eigenvalue weighted by Gasteiger charge is 2.15. The number of carbonyl (C=O) groups is 2. The zero-order valence-electron chi connectivity index (χ0n) is 16.9. The van der Waals surface area contributed by atoms with Crippen molar-refractivity contribution in [2.45, 2.75) is 20.4 Å². The predicted molar refractivity (Wildman–Crippen MR) is 111 cm³/mol. The molecule has 0 fully saturated rings. The normalized spacial score (nSPS) is 12.5. The third-order valence-electron chi connectivity index (χ3n) is 4.62. The summed E-state index contributed by atoms with van der Waals surface area (Å²) in [5.41, 5.74) is 2.86. The number of hydrogen-bond donors (Lipinski definition) is 2. The molecule has 0 atom stereocenters. The largest absolute Gasteiger partial charge is 0.486 e. The Hall–Kier alpha value is -3.06. The number of carbonyl (C=O) groups excluding carboxylic acids is 2. The molecule has 154 valence electrons. The van der Waals surface area contributed by atoms with Crippen molar-refractivity contribution in [1.29, 1.82) is 0 Å². The summed E-state index contributed by atoms with van der Waals surface area (Å²) >= 11 is 0. The second kappa shape index (κ2) is 9.93. The Morgan fingerprint density at radius 3 is 2.38 bits per heavy atom. The first-order valence-electron chi connectivity index (χ1n) is 9.77. The number of likely N-dealkylation sites (N-methyl/N-ethyl adjacent to an activating group) is 1. The summed E-state index contributed by atoms with van der Waals surface area (Å²) in [6, 6.07) is 13.3. The van der Waals surface area contributed by atoms with Crippen molar-refractivity contribution in [1.82, 2.24) is 10.2 Å². The number of rotatable bonds is 8. The fourth-order valence-corrected chi connectivity index (χ4v) is 2.97. The molecule has 29 heavy (non-hydrogen) atoms. The maximum atomic E-state index is 12.4. The van der Waals surface area contributed by atoms with Crippen molar-refractivity contribution in [2.75, 3.05) is 38.2 Å². The maximum Gasteiger partial charge on any atom is 0.238 e. The Labute approximate surface area is 171 Å². The van der Waals surface area contributed by atoms with Crippen LogP contribution < -0.4 is 20.1 Å². The number of benzene rings is 2. The Balaban J connectivity index is 1.46. The molecule has 2 amide bonds. The summed E-state index contributed by atoms with van der Waals surface area (Å²) in [5, 5.41) is 5.74. The molecule has 0 bridgehead atoms. The third-order valence-corrected chi connectivity index (χ3v) is 4.62. The average molecular weight is 397 g/mol. The van der Waals surface area contributed by atoms with Gasteiger partial charge < -0.3 is 20.1 Å². The second-order valence-corrected chi connectivity index (χ2v) is 6.97. The summed E-state index contributed by atoms with van der Waals surface area (Å²) < 4.78 is 11.0. The van der Waals surface area contributed by atoms with E-state index in [4.69, 9.17) is 9.47 Å². The SMILES string of the molecule is CCN(CC(=O)NCc1ccc(C)cc1)CC(=O)Nc1ccc2c(c1)OCCO2. The Bertz CT molecular complexity index is 852. The first-order valence-corrected chi connectivity index (χ1v) is 9.77. The van der Waals surface area contributed by atoms with Crippen molar-refractivity contribution < 1.29 is 19.1 Å². The molecule has 0 aliphatic carbocycles. The number of nitrogens with zero attached hydrogens (tertiary/aromatic N) is 1. The number of nitrogens with one attached hydrogen (secondary N) is 2. The average Bonchev–Trinajstić information content (AvgIpc) is 2.72.